The summed E-state index contributed by atoms with van der Waals surface area (Å²) in [6, 6.07) is 12.4. The van der Waals surface area contributed by atoms with Gasteiger partial charge in [0.05, 0.1) is 28.8 Å². The maximum absolute atomic E-state index is 13.7. The van der Waals surface area contributed by atoms with E-state index in [9.17, 15) is 9.59 Å². The fraction of sp³-hybridized carbons (Fsp3) is 0.320. The molecule has 2 aromatic carbocycles. The van der Waals surface area contributed by atoms with Gasteiger partial charge in [-0.15, -0.1) is 0 Å². The minimum atomic E-state index is -0.362. The van der Waals surface area contributed by atoms with Gasteiger partial charge in [-0.2, -0.15) is 0 Å². The van der Waals surface area contributed by atoms with E-state index in [2.05, 4.69) is 17.9 Å². The van der Waals surface area contributed by atoms with E-state index in [4.69, 9.17) is 14.1 Å². The van der Waals surface area contributed by atoms with Crippen LogP contribution >= 0.6 is 11.3 Å². The molecule has 1 amide bonds. The molecule has 7 nitrogen and oxygen atoms in total. The first-order valence-electron chi connectivity index (χ1n) is 11.0. The zero-order valence-electron chi connectivity index (χ0n) is 18.7. The maximum Gasteiger partial charge on any atom is 0.295 e. The fourth-order valence-electron chi connectivity index (χ4n) is 4.17. The van der Waals surface area contributed by atoms with Gasteiger partial charge in [-0.05, 0) is 43.2 Å². The highest BCUT2D eigenvalue weighted by Gasteiger charge is 2.25. The lowest BCUT2D eigenvalue weighted by molar-refractivity contribution is 0.0390. The average Bonchev–Trinajstić information content (AvgIpc) is 3.24. The molecule has 0 aliphatic carbocycles. The molecule has 0 bridgehead atoms. The molecule has 8 heteroatoms. The lowest BCUT2D eigenvalue weighted by Crippen LogP contribution is -2.43. The molecule has 2 aromatic heterocycles. The summed E-state index contributed by atoms with van der Waals surface area (Å²) in [4.78, 5) is 35.0. The molecule has 3 heterocycles. The molecule has 1 fully saturated rings. The maximum atomic E-state index is 13.7. The molecule has 1 saturated heterocycles. The number of rotatable bonds is 5. The quantitative estimate of drug-likeness (QED) is 0.445. The normalized spacial score (nSPS) is 14.7. The summed E-state index contributed by atoms with van der Waals surface area (Å²) in [5.74, 6) is -0.340. The van der Waals surface area contributed by atoms with Crippen molar-refractivity contribution in [2.75, 3.05) is 44.3 Å². The van der Waals surface area contributed by atoms with Gasteiger partial charge in [-0.25, -0.2) is 4.98 Å². The minimum absolute atomic E-state index is 0.0211. The van der Waals surface area contributed by atoms with Crippen LogP contribution in [0.2, 0.25) is 0 Å². The number of thiazole rings is 1. The van der Waals surface area contributed by atoms with Gasteiger partial charge in [-0.1, -0.05) is 29.5 Å². The van der Waals surface area contributed by atoms with Crippen molar-refractivity contribution < 1.29 is 13.9 Å². The molecule has 0 radical (unpaired) electrons. The molecule has 1 aliphatic heterocycles. The van der Waals surface area contributed by atoms with E-state index in [1.165, 1.54) is 17.4 Å². The fourth-order valence-corrected chi connectivity index (χ4v) is 5.21. The smallest absolute Gasteiger partial charge is 0.295 e. The van der Waals surface area contributed by atoms with E-state index in [-0.39, 0.29) is 17.1 Å². The van der Waals surface area contributed by atoms with Crippen molar-refractivity contribution in [1.82, 2.24) is 9.88 Å². The van der Waals surface area contributed by atoms with E-state index in [1.54, 1.807) is 29.2 Å². The zero-order chi connectivity index (χ0) is 22.9. The van der Waals surface area contributed by atoms with Crippen LogP contribution < -0.4 is 10.3 Å². The third-order valence-electron chi connectivity index (χ3n) is 5.87. The summed E-state index contributed by atoms with van der Waals surface area (Å²) in [7, 11) is 0. The Morgan fingerprint density at radius 2 is 1.94 bits per heavy atom. The Labute approximate surface area is 195 Å². The monoisotopic (exact) mass is 463 g/mol. The number of fused-ring (bicyclic) bond motifs is 2. The largest absolute Gasteiger partial charge is 0.451 e. The third-order valence-corrected chi connectivity index (χ3v) is 7.10. The molecule has 1 aliphatic rings. The first kappa shape index (κ1) is 21.8. The summed E-state index contributed by atoms with van der Waals surface area (Å²) in [6.45, 7) is 8.24. The van der Waals surface area contributed by atoms with Gasteiger partial charge in [0.2, 0.25) is 0 Å². The molecule has 5 rings (SSSR count). The van der Waals surface area contributed by atoms with Crippen molar-refractivity contribution >= 4 is 43.6 Å². The SMILES string of the molecule is Cc1cc(C)c2sc(N(CCN3CCOCC3)C(=O)c3cc(=O)c4ccccc4o3)nc2c1. The average molecular weight is 464 g/mol. The van der Waals surface area contributed by atoms with Crippen molar-refractivity contribution in [2.24, 2.45) is 0 Å². The molecular formula is C25H25N3O4S. The van der Waals surface area contributed by atoms with Crippen LogP contribution in [0.3, 0.4) is 0 Å². The molecular weight excluding hydrogens is 438 g/mol. The molecule has 33 heavy (non-hydrogen) atoms. The number of hydrogen-bond donors (Lipinski definition) is 0. The second-order valence-corrected chi connectivity index (χ2v) is 9.29. The van der Waals surface area contributed by atoms with Crippen molar-refractivity contribution in [1.29, 1.82) is 0 Å². The van der Waals surface area contributed by atoms with E-state index >= 15 is 0 Å². The van der Waals surface area contributed by atoms with Crippen LogP contribution in [0.4, 0.5) is 5.13 Å². The second-order valence-electron chi connectivity index (χ2n) is 8.31. The van der Waals surface area contributed by atoms with Gasteiger partial charge in [0.15, 0.2) is 16.3 Å². The third kappa shape index (κ3) is 4.42. The Bertz CT molecular complexity index is 1390. The van der Waals surface area contributed by atoms with Crippen molar-refractivity contribution in [3.8, 4) is 0 Å². The zero-order valence-corrected chi connectivity index (χ0v) is 19.5. The summed E-state index contributed by atoms with van der Waals surface area (Å²) in [5.41, 5.74) is 3.30. The summed E-state index contributed by atoms with van der Waals surface area (Å²) < 4.78 is 12.4. The number of amides is 1. The number of hydrogen-bond acceptors (Lipinski definition) is 7. The van der Waals surface area contributed by atoms with Crippen molar-refractivity contribution in [3.63, 3.8) is 0 Å². The number of morpholine rings is 1. The topological polar surface area (TPSA) is 75.9 Å². The Morgan fingerprint density at radius 3 is 2.76 bits per heavy atom. The number of nitrogens with zero attached hydrogens (tertiary/aromatic N) is 3. The van der Waals surface area contributed by atoms with E-state index in [0.29, 0.717) is 42.4 Å². The van der Waals surface area contributed by atoms with Crippen LogP contribution in [0.5, 0.6) is 0 Å². The number of aromatic nitrogens is 1. The van der Waals surface area contributed by atoms with Crippen LogP contribution in [0.1, 0.15) is 21.7 Å². The lowest BCUT2D eigenvalue weighted by atomic mass is 10.1. The van der Waals surface area contributed by atoms with Crippen LogP contribution in [0, 0.1) is 13.8 Å². The van der Waals surface area contributed by atoms with Crippen LogP contribution in [-0.2, 0) is 4.74 Å². The highest BCUT2D eigenvalue weighted by atomic mass is 32.1. The molecule has 0 spiro atoms. The molecule has 170 valence electrons. The van der Waals surface area contributed by atoms with Crippen LogP contribution in [0.15, 0.2) is 51.7 Å². The van der Waals surface area contributed by atoms with Crippen LogP contribution in [0.25, 0.3) is 21.2 Å². The molecule has 0 unspecified atom stereocenters. The van der Waals surface area contributed by atoms with E-state index in [0.717, 1.165) is 34.4 Å². The summed E-state index contributed by atoms with van der Waals surface area (Å²) in [6.07, 6.45) is 0. The number of benzene rings is 2. The number of anilines is 1. The standard InChI is InChI=1S/C25H25N3O4S/c1-16-13-17(2)23-19(14-16)26-25(33-23)28(8-7-27-9-11-31-12-10-27)24(30)22-15-20(29)18-5-3-4-6-21(18)32-22/h3-6,13-15H,7-12H2,1-2H3. The number of carbonyl (C=O) groups is 1. The predicted molar refractivity (Wildman–Crippen MR) is 131 cm³/mol. The van der Waals surface area contributed by atoms with Gasteiger partial charge in [0.25, 0.3) is 5.91 Å². The van der Waals surface area contributed by atoms with Gasteiger partial charge in [0.1, 0.15) is 5.58 Å². The predicted octanol–water partition coefficient (Wildman–Crippen LogP) is 4.00. The number of carbonyl (C=O) groups excluding carboxylic acids is 1. The highest BCUT2D eigenvalue weighted by molar-refractivity contribution is 7.22. The molecule has 0 atom stereocenters. The van der Waals surface area contributed by atoms with Crippen molar-refractivity contribution in [3.05, 3.63) is 69.6 Å². The second kappa shape index (κ2) is 9.05. The van der Waals surface area contributed by atoms with Gasteiger partial charge in [-0.3, -0.25) is 19.4 Å². The summed E-state index contributed by atoms with van der Waals surface area (Å²) in [5, 5.41) is 1.06. The van der Waals surface area contributed by atoms with Gasteiger partial charge < -0.3 is 9.15 Å². The lowest BCUT2D eigenvalue weighted by Gasteiger charge is -2.29. The first-order chi connectivity index (χ1) is 16.0. The van der Waals surface area contributed by atoms with Gasteiger partial charge in [0, 0.05) is 32.2 Å². The Balaban J connectivity index is 1.54. The number of ether oxygens (including phenoxy) is 1. The molecule has 4 aromatic rings. The molecule has 0 N–H and O–H groups in total. The Hall–Kier alpha value is -3.07. The van der Waals surface area contributed by atoms with Gasteiger partial charge >= 0.3 is 0 Å². The summed E-state index contributed by atoms with van der Waals surface area (Å²) >= 11 is 1.49. The number of para-hydroxylation sites is 1. The van der Waals surface area contributed by atoms with E-state index < -0.39 is 0 Å². The Morgan fingerprint density at radius 1 is 1.15 bits per heavy atom. The first-order valence-corrected chi connectivity index (χ1v) is 11.8. The van der Waals surface area contributed by atoms with Crippen LogP contribution in [-0.4, -0.2) is 55.2 Å². The molecule has 0 saturated carbocycles. The number of aryl methyl sites for hydroxylation is 2. The Kier molecular flexibility index (Phi) is 5.97. The van der Waals surface area contributed by atoms with E-state index in [1.807, 2.05) is 13.0 Å². The minimum Gasteiger partial charge on any atom is -0.451 e. The highest BCUT2D eigenvalue weighted by Crippen LogP contribution is 2.33. The van der Waals surface area contributed by atoms with Crippen molar-refractivity contribution in [2.45, 2.75) is 13.8 Å².